The predicted molar refractivity (Wildman–Crippen MR) is 46.2 cm³/mol. The molecule has 6 nitrogen and oxygen atoms in total. The zero-order valence-corrected chi connectivity index (χ0v) is 7.94. The quantitative estimate of drug-likeness (QED) is 0.350. The molecule has 6 heteroatoms. The van der Waals surface area contributed by atoms with Crippen molar-refractivity contribution in [2.45, 2.75) is 25.6 Å². The van der Waals surface area contributed by atoms with Crippen LogP contribution in [0.25, 0.3) is 0 Å². The summed E-state index contributed by atoms with van der Waals surface area (Å²) in [4.78, 5) is 23.1. The van der Waals surface area contributed by atoms with Gasteiger partial charge in [-0.3, -0.25) is 14.5 Å². The zero-order chi connectivity index (χ0) is 10.8. The van der Waals surface area contributed by atoms with Gasteiger partial charge in [-0.15, -0.1) is 0 Å². The van der Waals surface area contributed by atoms with E-state index in [-0.39, 0.29) is 0 Å². The molecule has 0 aromatic heterocycles. The maximum Gasteiger partial charge on any atom is 0.247 e. The summed E-state index contributed by atoms with van der Waals surface area (Å²) in [6.45, 7) is 2.68. The highest BCUT2D eigenvalue weighted by molar-refractivity contribution is 6.07. The molecule has 1 unspecified atom stereocenters. The number of rotatable bonds is 4. The van der Waals surface area contributed by atoms with Gasteiger partial charge < -0.3 is 16.6 Å². The lowest BCUT2D eigenvalue weighted by Crippen LogP contribution is -2.63. The maximum absolute atomic E-state index is 11.0. The third kappa shape index (κ3) is 1.96. The van der Waals surface area contributed by atoms with Gasteiger partial charge in [0.1, 0.15) is 6.23 Å². The Morgan fingerprint density at radius 2 is 1.69 bits per heavy atom. The molecule has 2 amide bonds. The number of primary amides is 2. The van der Waals surface area contributed by atoms with E-state index in [1.807, 2.05) is 0 Å². The van der Waals surface area contributed by atoms with E-state index in [1.54, 1.807) is 0 Å². The number of likely N-dealkylation sites (N-methyl/N-ethyl adjacent to an activating group) is 1. The topological polar surface area (TPSA) is 110 Å². The predicted octanol–water partition coefficient (Wildman–Crippen LogP) is -2.01. The molecule has 0 aliphatic rings. The smallest absolute Gasteiger partial charge is 0.247 e. The minimum Gasteiger partial charge on any atom is -0.379 e. The van der Waals surface area contributed by atoms with E-state index in [4.69, 9.17) is 16.6 Å². The molecule has 0 fully saturated rings. The van der Waals surface area contributed by atoms with Gasteiger partial charge in [-0.1, -0.05) is 0 Å². The number of carbonyl (C=O) groups is 2. The van der Waals surface area contributed by atoms with Gasteiger partial charge >= 0.3 is 0 Å². The Bertz CT molecular complexity index is 213. The Kier molecular flexibility index (Phi) is 3.39. The van der Waals surface area contributed by atoms with E-state index >= 15 is 0 Å². The molecule has 0 aromatic rings. The lowest BCUT2D eigenvalue weighted by Gasteiger charge is -2.34. The monoisotopic (exact) mass is 189 g/mol. The number of aliphatic hydroxyl groups is 1. The van der Waals surface area contributed by atoms with Gasteiger partial charge in [0, 0.05) is 0 Å². The first-order valence-electron chi connectivity index (χ1n) is 3.75. The van der Waals surface area contributed by atoms with Crippen LogP contribution in [-0.4, -0.2) is 40.6 Å². The molecule has 0 aliphatic heterocycles. The van der Waals surface area contributed by atoms with Crippen LogP contribution in [0.3, 0.4) is 0 Å². The highest BCUT2D eigenvalue weighted by atomic mass is 16.3. The van der Waals surface area contributed by atoms with Crippen molar-refractivity contribution >= 4 is 11.8 Å². The molecular formula is C7H15N3O3. The first-order valence-corrected chi connectivity index (χ1v) is 3.75. The lowest BCUT2D eigenvalue weighted by molar-refractivity contribution is -0.147. The standard InChI is InChI=1S/C7H15N3O3/c1-4(11)10(3)7(2,5(8)12)6(9)13/h4,11H,1-3H3,(H2,8,12)(H2,9,13). The van der Waals surface area contributed by atoms with Crippen LogP contribution < -0.4 is 11.5 Å². The fourth-order valence-electron chi connectivity index (χ4n) is 0.843. The van der Waals surface area contributed by atoms with Crippen LogP contribution in [0.15, 0.2) is 0 Å². The molecular weight excluding hydrogens is 174 g/mol. The molecule has 0 aromatic carbocycles. The first-order chi connectivity index (χ1) is 5.74. The zero-order valence-electron chi connectivity index (χ0n) is 7.94. The fraction of sp³-hybridized carbons (Fsp3) is 0.714. The molecule has 0 radical (unpaired) electrons. The molecule has 0 aliphatic carbocycles. The summed E-state index contributed by atoms with van der Waals surface area (Å²) >= 11 is 0. The van der Waals surface area contributed by atoms with Gasteiger partial charge in [-0.2, -0.15) is 0 Å². The van der Waals surface area contributed by atoms with Crippen molar-refractivity contribution in [1.29, 1.82) is 0 Å². The summed E-state index contributed by atoms with van der Waals surface area (Å²) in [7, 11) is 1.39. The van der Waals surface area contributed by atoms with Crippen molar-refractivity contribution in [3.63, 3.8) is 0 Å². The SMILES string of the molecule is CC(O)N(C)C(C)(C(N)=O)C(N)=O. The second kappa shape index (κ2) is 3.71. The van der Waals surface area contributed by atoms with Gasteiger partial charge in [0.2, 0.25) is 11.8 Å². The van der Waals surface area contributed by atoms with E-state index in [2.05, 4.69) is 0 Å². The van der Waals surface area contributed by atoms with Crippen molar-refractivity contribution < 1.29 is 14.7 Å². The lowest BCUT2D eigenvalue weighted by atomic mass is 9.98. The Morgan fingerprint density at radius 3 is 1.77 bits per heavy atom. The number of hydrogen-bond acceptors (Lipinski definition) is 4. The van der Waals surface area contributed by atoms with E-state index < -0.39 is 23.6 Å². The van der Waals surface area contributed by atoms with Crippen LogP contribution in [0.4, 0.5) is 0 Å². The van der Waals surface area contributed by atoms with E-state index in [1.165, 1.54) is 20.9 Å². The number of carbonyl (C=O) groups excluding carboxylic acids is 2. The van der Waals surface area contributed by atoms with Gasteiger partial charge in [0.15, 0.2) is 5.54 Å². The molecule has 0 saturated carbocycles. The van der Waals surface area contributed by atoms with Crippen LogP contribution in [-0.2, 0) is 9.59 Å². The summed E-state index contributed by atoms with van der Waals surface area (Å²) < 4.78 is 0. The van der Waals surface area contributed by atoms with Gasteiger partial charge in [0.25, 0.3) is 0 Å². The number of nitrogens with zero attached hydrogens (tertiary/aromatic N) is 1. The van der Waals surface area contributed by atoms with Gasteiger partial charge in [0.05, 0.1) is 0 Å². The summed E-state index contributed by atoms with van der Waals surface area (Å²) in [6, 6.07) is 0. The summed E-state index contributed by atoms with van der Waals surface area (Å²) in [5.74, 6) is -1.77. The molecule has 13 heavy (non-hydrogen) atoms. The molecule has 1 atom stereocenters. The van der Waals surface area contributed by atoms with Crippen molar-refractivity contribution in [3.8, 4) is 0 Å². The van der Waals surface area contributed by atoms with Crippen LogP contribution in [0, 0.1) is 0 Å². The second-order valence-electron chi connectivity index (χ2n) is 3.04. The van der Waals surface area contributed by atoms with Crippen LogP contribution >= 0.6 is 0 Å². The van der Waals surface area contributed by atoms with Crippen LogP contribution in [0.2, 0.25) is 0 Å². The first kappa shape index (κ1) is 11.9. The molecule has 5 N–H and O–H groups in total. The third-order valence-corrected chi connectivity index (χ3v) is 2.23. The molecule has 0 heterocycles. The summed E-state index contributed by atoms with van der Waals surface area (Å²) in [5, 5.41) is 9.16. The fourth-order valence-corrected chi connectivity index (χ4v) is 0.843. The van der Waals surface area contributed by atoms with Crippen LogP contribution in [0.1, 0.15) is 13.8 Å². The largest absolute Gasteiger partial charge is 0.379 e. The molecule has 76 valence electrons. The Morgan fingerprint density at radius 1 is 1.38 bits per heavy atom. The molecule has 0 bridgehead atoms. The van der Waals surface area contributed by atoms with Crippen molar-refractivity contribution in [1.82, 2.24) is 4.90 Å². The van der Waals surface area contributed by atoms with Crippen molar-refractivity contribution in [2.24, 2.45) is 11.5 Å². The van der Waals surface area contributed by atoms with E-state index in [9.17, 15) is 9.59 Å². The summed E-state index contributed by atoms with van der Waals surface area (Å²) in [5.41, 5.74) is 8.38. The number of hydrogen-bond donors (Lipinski definition) is 3. The molecule has 0 rings (SSSR count). The normalized spacial score (nSPS) is 14.2. The highest BCUT2D eigenvalue weighted by Gasteiger charge is 2.43. The minimum absolute atomic E-state index is 0.886. The van der Waals surface area contributed by atoms with E-state index in [0.29, 0.717) is 0 Å². The Hall–Kier alpha value is -1.14. The highest BCUT2D eigenvalue weighted by Crippen LogP contribution is 2.14. The van der Waals surface area contributed by atoms with Crippen LogP contribution in [0.5, 0.6) is 0 Å². The number of amides is 2. The molecule has 0 saturated heterocycles. The average Bonchev–Trinajstić information content (AvgIpc) is 2.00. The van der Waals surface area contributed by atoms with Gasteiger partial charge in [-0.25, -0.2) is 0 Å². The Balaban J connectivity index is 5.02. The Labute approximate surface area is 76.5 Å². The van der Waals surface area contributed by atoms with Crippen molar-refractivity contribution in [2.75, 3.05) is 7.05 Å². The van der Waals surface area contributed by atoms with Crippen molar-refractivity contribution in [3.05, 3.63) is 0 Å². The minimum atomic E-state index is -1.66. The van der Waals surface area contributed by atoms with E-state index in [0.717, 1.165) is 4.90 Å². The third-order valence-electron chi connectivity index (χ3n) is 2.23. The molecule has 0 spiro atoms. The number of aliphatic hydroxyl groups excluding tert-OH is 1. The summed E-state index contributed by atoms with van der Waals surface area (Å²) in [6.07, 6.45) is -0.981. The maximum atomic E-state index is 11.0. The average molecular weight is 189 g/mol. The number of nitrogens with two attached hydrogens (primary N) is 2. The second-order valence-corrected chi connectivity index (χ2v) is 3.04. The van der Waals surface area contributed by atoms with Gasteiger partial charge in [-0.05, 0) is 20.9 Å².